The zero-order chi connectivity index (χ0) is 15.1. The van der Waals surface area contributed by atoms with Crippen molar-refractivity contribution in [3.8, 4) is 5.75 Å². The first-order valence-corrected chi connectivity index (χ1v) is 7.43. The lowest BCUT2D eigenvalue weighted by Crippen LogP contribution is -2.14. The molecule has 0 bridgehead atoms. The Morgan fingerprint density at radius 3 is 2.62 bits per heavy atom. The van der Waals surface area contributed by atoms with E-state index < -0.39 is 0 Å². The van der Waals surface area contributed by atoms with Gasteiger partial charge in [-0.2, -0.15) is 0 Å². The lowest BCUT2D eigenvalue weighted by molar-refractivity contribution is 0.302. The number of hydrogen-bond acceptors (Lipinski definition) is 2. The Morgan fingerprint density at radius 1 is 1.14 bits per heavy atom. The second kappa shape index (κ2) is 8.01. The highest BCUT2D eigenvalue weighted by Crippen LogP contribution is 2.24. The number of nitrogens with one attached hydrogen (secondary N) is 1. The fourth-order valence-corrected chi connectivity index (χ4v) is 2.16. The van der Waals surface area contributed by atoms with Gasteiger partial charge in [0.1, 0.15) is 18.2 Å². The highest BCUT2D eigenvalue weighted by Gasteiger charge is 2.05. The second-order valence-electron chi connectivity index (χ2n) is 4.84. The minimum absolute atomic E-state index is 0.241. The molecule has 1 N–H and O–H groups in total. The first kappa shape index (κ1) is 15.8. The van der Waals surface area contributed by atoms with Crippen LogP contribution in [0.2, 0.25) is 5.02 Å². The van der Waals surface area contributed by atoms with Gasteiger partial charge in [0.25, 0.3) is 0 Å². The van der Waals surface area contributed by atoms with Gasteiger partial charge < -0.3 is 10.1 Å². The third-order valence-corrected chi connectivity index (χ3v) is 3.31. The van der Waals surface area contributed by atoms with E-state index in [1.807, 2.05) is 18.2 Å². The summed E-state index contributed by atoms with van der Waals surface area (Å²) >= 11 is 6.04. The molecule has 0 heterocycles. The molecule has 0 aliphatic carbocycles. The molecule has 2 aromatic rings. The summed E-state index contributed by atoms with van der Waals surface area (Å²) in [6, 6.07) is 11.9. The topological polar surface area (TPSA) is 21.3 Å². The zero-order valence-electron chi connectivity index (χ0n) is 12.0. The largest absolute Gasteiger partial charge is 0.489 e. The van der Waals surface area contributed by atoms with Gasteiger partial charge >= 0.3 is 0 Å². The maximum absolute atomic E-state index is 12.9. The van der Waals surface area contributed by atoms with E-state index in [-0.39, 0.29) is 5.82 Å². The summed E-state index contributed by atoms with van der Waals surface area (Å²) in [6.45, 7) is 4.19. The van der Waals surface area contributed by atoms with Gasteiger partial charge in [-0.05, 0) is 48.9 Å². The number of halogens is 2. The molecule has 0 radical (unpaired) electrons. The van der Waals surface area contributed by atoms with Crippen molar-refractivity contribution >= 4 is 11.6 Å². The van der Waals surface area contributed by atoms with Crippen molar-refractivity contribution in [2.45, 2.75) is 26.5 Å². The maximum Gasteiger partial charge on any atom is 0.124 e. The molecule has 21 heavy (non-hydrogen) atoms. The van der Waals surface area contributed by atoms with Crippen molar-refractivity contribution in [3.05, 3.63) is 64.4 Å². The van der Waals surface area contributed by atoms with Gasteiger partial charge in [0.15, 0.2) is 0 Å². The van der Waals surface area contributed by atoms with Gasteiger partial charge in [-0.15, -0.1) is 0 Å². The summed E-state index contributed by atoms with van der Waals surface area (Å²) in [5, 5.41) is 4.03. The molecular weight excluding hydrogens is 289 g/mol. The average Bonchev–Trinajstić information content (AvgIpc) is 2.48. The number of rotatable bonds is 7. The van der Waals surface area contributed by atoms with Crippen molar-refractivity contribution in [1.29, 1.82) is 0 Å². The second-order valence-corrected chi connectivity index (χ2v) is 5.28. The summed E-state index contributed by atoms with van der Waals surface area (Å²) in [6.07, 6.45) is 1.08. The van der Waals surface area contributed by atoms with Crippen molar-refractivity contribution in [3.63, 3.8) is 0 Å². The lowest BCUT2D eigenvalue weighted by Gasteiger charge is -2.13. The molecule has 2 nitrogen and oxygen atoms in total. The minimum atomic E-state index is -0.241. The quantitative estimate of drug-likeness (QED) is 0.757. The van der Waals surface area contributed by atoms with Crippen LogP contribution in [0.15, 0.2) is 42.5 Å². The molecule has 0 spiro atoms. The molecule has 0 unspecified atom stereocenters. The molecule has 112 valence electrons. The highest BCUT2D eigenvalue weighted by molar-refractivity contribution is 6.30. The Labute approximate surface area is 129 Å². The number of hydrogen-bond donors (Lipinski definition) is 1. The van der Waals surface area contributed by atoms with Gasteiger partial charge in [0.05, 0.1) is 0 Å². The Morgan fingerprint density at radius 2 is 1.90 bits per heavy atom. The van der Waals surface area contributed by atoms with Gasteiger partial charge in [-0.25, -0.2) is 4.39 Å². The summed E-state index contributed by atoms with van der Waals surface area (Å²) in [5.74, 6) is 0.557. The third kappa shape index (κ3) is 5.03. The SMILES string of the molecule is CCCNCc1cc(Cl)ccc1OCc1ccc(F)cc1. The van der Waals surface area contributed by atoms with Crippen LogP contribution in [0.3, 0.4) is 0 Å². The van der Waals surface area contributed by atoms with E-state index in [0.717, 1.165) is 29.8 Å². The molecule has 0 atom stereocenters. The molecule has 0 saturated heterocycles. The third-order valence-electron chi connectivity index (χ3n) is 3.07. The van der Waals surface area contributed by atoms with Crippen molar-refractivity contribution in [2.75, 3.05) is 6.54 Å². The predicted molar refractivity (Wildman–Crippen MR) is 84.2 cm³/mol. The number of ether oxygens (including phenoxy) is 1. The Bertz CT molecular complexity index is 572. The van der Waals surface area contributed by atoms with E-state index in [4.69, 9.17) is 16.3 Å². The fourth-order valence-electron chi connectivity index (χ4n) is 1.97. The van der Waals surface area contributed by atoms with Crippen LogP contribution in [0.25, 0.3) is 0 Å². The van der Waals surface area contributed by atoms with E-state index in [1.165, 1.54) is 12.1 Å². The number of benzene rings is 2. The van der Waals surface area contributed by atoms with Crippen LogP contribution in [-0.2, 0) is 13.2 Å². The molecule has 0 aliphatic rings. The molecule has 2 aromatic carbocycles. The van der Waals surface area contributed by atoms with E-state index in [2.05, 4.69) is 12.2 Å². The molecule has 0 aromatic heterocycles. The molecule has 0 fully saturated rings. The van der Waals surface area contributed by atoms with Crippen molar-refractivity contribution < 1.29 is 9.13 Å². The summed E-state index contributed by atoms with van der Waals surface area (Å²) in [5.41, 5.74) is 1.96. The summed E-state index contributed by atoms with van der Waals surface area (Å²) in [4.78, 5) is 0. The molecule has 0 amide bonds. The van der Waals surface area contributed by atoms with Crippen LogP contribution < -0.4 is 10.1 Å². The normalized spacial score (nSPS) is 10.6. The molecule has 2 rings (SSSR count). The maximum atomic E-state index is 12.9. The average molecular weight is 308 g/mol. The summed E-state index contributed by atoms with van der Waals surface area (Å²) in [7, 11) is 0. The molecule has 0 saturated carbocycles. The lowest BCUT2D eigenvalue weighted by atomic mass is 10.2. The zero-order valence-corrected chi connectivity index (χ0v) is 12.8. The highest BCUT2D eigenvalue weighted by atomic mass is 35.5. The predicted octanol–water partition coefficient (Wildman–Crippen LogP) is 4.56. The van der Waals surface area contributed by atoms with Gasteiger partial charge in [-0.1, -0.05) is 30.7 Å². The molecular formula is C17H19ClFNO. The Hall–Kier alpha value is -1.58. The van der Waals surface area contributed by atoms with Crippen LogP contribution in [0.4, 0.5) is 4.39 Å². The van der Waals surface area contributed by atoms with Gasteiger partial charge in [0.2, 0.25) is 0 Å². The molecule has 0 aliphatic heterocycles. The van der Waals surface area contributed by atoms with Gasteiger partial charge in [-0.3, -0.25) is 0 Å². The summed E-state index contributed by atoms with van der Waals surface area (Å²) < 4.78 is 18.7. The Kier molecular flexibility index (Phi) is 6.03. The minimum Gasteiger partial charge on any atom is -0.489 e. The molecule has 4 heteroatoms. The van der Waals surface area contributed by atoms with E-state index in [1.54, 1.807) is 12.1 Å². The van der Waals surface area contributed by atoms with Crippen molar-refractivity contribution in [2.24, 2.45) is 0 Å². The monoisotopic (exact) mass is 307 g/mol. The van der Waals surface area contributed by atoms with Crippen LogP contribution in [0.5, 0.6) is 5.75 Å². The Balaban J connectivity index is 2.02. The van der Waals surface area contributed by atoms with Gasteiger partial charge in [0, 0.05) is 17.1 Å². The standard InChI is InChI=1S/C17H19ClFNO/c1-2-9-20-11-14-10-15(18)5-8-17(14)21-12-13-3-6-16(19)7-4-13/h3-8,10,20H,2,9,11-12H2,1H3. The fraction of sp³-hybridized carbons (Fsp3) is 0.294. The van der Waals surface area contributed by atoms with E-state index in [0.29, 0.717) is 18.2 Å². The van der Waals surface area contributed by atoms with Crippen LogP contribution >= 0.6 is 11.6 Å². The van der Waals surface area contributed by atoms with Crippen LogP contribution in [-0.4, -0.2) is 6.54 Å². The first-order valence-electron chi connectivity index (χ1n) is 7.05. The first-order chi connectivity index (χ1) is 10.2. The van der Waals surface area contributed by atoms with E-state index in [9.17, 15) is 4.39 Å². The van der Waals surface area contributed by atoms with Crippen LogP contribution in [0, 0.1) is 5.82 Å². The van der Waals surface area contributed by atoms with E-state index >= 15 is 0 Å². The smallest absolute Gasteiger partial charge is 0.124 e. The van der Waals surface area contributed by atoms with Crippen LogP contribution in [0.1, 0.15) is 24.5 Å². The van der Waals surface area contributed by atoms with Crippen molar-refractivity contribution in [1.82, 2.24) is 5.32 Å².